The van der Waals surface area contributed by atoms with Crippen LogP contribution in [0.1, 0.15) is 20.8 Å². The summed E-state index contributed by atoms with van der Waals surface area (Å²) in [5, 5.41) is 6.71. The number of hydrogen-bond acceptors (Lipinski definition) is 2. The van der Waals surface area contributed by atoms with Gasteiger partial charge in [-0.2, -0.15) is 0 Å². The van der Waals surface area contributed by atoms with Gasteiger partial charge in [0.25, 0.3) is 0 Å². The maximum absolute atomic E-state index is 3.47. The molecular formula is C12H22N2. The van der Waals surface area contributed by atoms with Gasteiger partial charge in [0.15, 0.2) is 0 Å². The van der Waals surface area contributed by atoms with Crippen molar-refractivity contribution < 1.29 is 1.43 Å². The lowest BCUT2D eigenvalue weighted by Crippen LogP contribution is -2.54. The van der Waals surface area contributed by atoms with Crippen LogP contribution in [0.5, 0.6) is 0 Å². The van der Waals surface area contributed by atoms with E-state index >= 15 is 0 Å². The van der Waals surface area contributed by atoms with E-state index in [1.807, 2.05) is 13.8 Å². The second-order valence-electron chi connectivity index (χ2n) is 3.22. The van der Waals surface area contributed by atoms with Crippen LogP contribution in [0, 0.1) is 0 Å². The molecule has 1 saturated heterocycles. The third-order valence-corrected chi connectivity index (χ3v) is 2.22. The SMILES string of the molecule is CC.[HH].c1ccc(CNC2CNC2)cc1. The molecule has 0 aliphatic carbocycles. The molecule has 1 aromatic carbocycles. The molecule has 2 rings (SSSR count). The van der Waals surface area contributed by atoms with Gasteiger partial charge in [0.1, 0.15) is 0 Å². The molecule has 1 aromatic rings. The summed E-state index contributed by atoms with van der Waals surface area (Å²) in [7, 11) is 0. The number of benzene rings is 1. The van der Waals surface area contributed by atoms with Crippen LogP contribution in [0.25, 0.3) is 0 Å². The minimum atomic E-state index is 0. The van der Waals surface area contributed by atoms with Crippen molar-refractivity contribution in [3.8, 4) is 0 Å². The Morgan fingerprint density at radius 1 is 1.29 bits per heavy atom. The van der Waals surface area contributed by atoms with Gasteiger partial charge >= 0.3 is 0 Å². The van der Waals surface area contributed by atoms with Crippen LogP contribution in [0.15, 0.2) is 30.3 Å². The largest absolute Gasteiger partial charge is 0.314 e. The van der Waals surface area contributed by atoms with E-state index in [0.29, 0.717) is 6.04 Å². The summed E-state index contributed by atoms with van der Waals surface area (Å²) in [6.07, 6.45) is 0. The molecule has 0 spiro atoms. The van der Waals surface area contributed by atoms with Crippen molar-refractivity contribution in [1.82, 2.24) is 10.6 Å². The van der Waals surface area contributed by atoms with Crippen molar-refractivity contribution in [3.63, 3.8) is 0 Å². The van der Waals surface area contributed by atoms with Crippen molar-refractivity contribution in [3.05, 3.63) is 35.9 Å². The summed E-state index contributed by atoms with van der Waals surface area (Å²) in [4.78, 5) is 0. The van der Waals surface area contributed by atoms with E-state index in [-0.39, 0.29) is 1.43 Å². The Labute approximate surface area is 88.2 Å². The highest BCUT2D eigenvalue weighted by Gasteiger charge is 2.14. The third-order valence-electron chi connectivity index (χ3n) is 2.22. The molecule has 2 heteroatoms. The molecule has 0 atom stereocenters. The second-order valence-corrected chi connectivity index (χ2v) is 3.22. The molecule has 14 heavy (non-hydrogen) atoms. The maximum Gasteiger partial charge on any atom is 0.0320 e. The first-order chi connectivity index (χ1) is 6.95. The molecule has 2 N–H and O–H groups in total. The summed E-state index contributed by atoms with van der Waals surface area (Å²) in [6.45, 7) is 7.23. The molecule has 1 aliphatic heterocycles. The fourth-order valence-electron chi connectivity index (χ4n) is 1.29. The molecule has 1 heterocycles. The van der Waals surface area contributed by atoms with Crippen LogP contribution in [0.3, 0.4) is 0 Å². The second kappa shape index (κ2) is 6.57. The van der Waals surface area contributed by atoms with Gasteiger partial charge in [-0.25, -0.2) is 0 Å². The fourth-order valence-corrected chi connectivity index (χ4v) is 1.29. The zero-order chi connectivity index (χ0) is 10.2. The Balaban J connectivity index is 0.000000617. The summed E-state index contributed by atoms with van der Waals surface area (Å²) < 4.78 is 0. The van der Waals surface area contributed by atoms with Gasteiger partial charge in [0.2, 0.25) is 0 Å². The van der Waals surface area contributed by atoms with E-state index in [9.17, 15) is 0 Å². The molecule has 0 unspecified atom stereocenters. The number of hydrogen-bond donors (Lipinski definition) is 2. The first-order valence-electron chi connectivity index (χ1n) is 5.43. The Kier molecular flexibility index (Phi) is 5.27. The summed E-state index contributed by atoms with van der Waals surface area (Å²) in [6, 6.07) is 11.2. The highest BCUT2D eigenvalue weighted by molar-refractivity contribution is 5.14. The van der Waals surface area contributed by atoms with Crippen molar-refractivity contribution in [2.75, 3.05) is 13.1 Å². The van der Waals surface area contributed by atoms with Crippen LogP contribution in [0.2, 0.25) is 0 Å². The van der Waals surface area contributed by atoms with Gasteiger partial charge in [0.05, 0.1) is 0 Å². The zero-order valence-corrected chi connectivity index (χ0v) is 9.09. The molecule has 80 valence electrons. The molecule has 2 nitrogen and oxygen atoms in total. The average Bonchev–Trinajstić information content (AvgIpc) is 2.20. The molecule has 0 bridgehead atoms. The molecule has 0 radical (unpaired) electrons. The third kappa shape index (κ3) is 3.48. The van der Waals surface area contributed by atoms with Crippen LogP contribution in [0.4, 0.5) is 0 Å². The van der Waals surface area contributed by atoms with Crippen molar-refractivity contribution in [2.24, 2.45) is 0 Å². The fraction of sp³-hybridized carbons (Fsp3) is 0.500. The van der Waals surface area contributed by atoms with Gasteiger partial charge in [-0.05, 0) is 5.56 Å². The first kappa shape index (κ1) is 11.2. The van der Waals surface area contributed by atoms with E-state index in [1.165, 1.54) is 5.56 Å². The Bertz CT molecular complexity index is 235. The van der Waals surface area contributed by atoms with Gasteiger partial charge in [-0.1, -0.05) is 44.2 Å². The zero-order valence-electron chi connectivity index (χ0n) is 9.09. The Morgan fingerprint density at radius 3 is 2.43 bits per heavy atom. The van der Waals surface area contributed by atoms with Crippen molar-refractivity contribution in [1.29, 1.82) is 0 Å². The Morgan fingerprint density at radius 2 is 1.93 bits per heavy atom. The monoisotopic (exact) mass is 194 g/mol. The molecule has 0 amide bonds. The van der Waals surface area contributed by atoms with E-state index in [4.69, 9.17) is 0 Å². The molecule has 1 aliphatic rings. The number of rotatable bonds is 3. The van der Waals surface area contributed by atoms with Gasteiger partial charge in [0, 0.05) is 27.1 Å². The van der Waals surface area contributed by atoms with Crippen molar-refractivity contribution >= 4 is 0 Å². The van der Waals surface area contributed by atoms with E-state index < -0.39 is 0 Å². The summed E-state index contributed by atoms with van der Waals surface area (Å²) in [5.74, 6) is 0. The van der Waals surface area contributed by atoms with E-state index in [1.54, 1.807) is 0 Å². The topological polar surface area (TPSA) is 24.1 Å². The average molecular weight is 194 g/mol. The highest BCUT2D eigenvalue weighted by atomic mass is 15.1. The predicted octanol–water partition coefficient (Wildman–Crippen LogP) is 2.02. The quantitative estimate of drug-likeness (QED) is 0.769. The molecule has 0 aromatic heterocycles. The predicted molar refractivity (Wildman–Crippen MR) is 63.4 cm³/mol. The Hall–Kier alpha value is -0.860. The van der Waals surface area contributed by atoms with E-state index in [0.717, 1.165) is 19.6 Å². The van der Waals surface area contributed by atoms with Gasteiger partial charge in [-0.15, -0.1) is 0 Å². The first-order valence-corrected chi connectivity index (χ1v) is 5.43. The van der Waals surface area contributed by atoms with E-state index in [2.05, 4.69) is 41.0 Å². The summed E-state index contributed by atoms with van der Waals surface area (Å²) >= 11 is 0. The molecule has 0 saturated carbocycles. The highest BCUT2D eigenvalue weighted by Crippen LogP contribution is 1.99. The van der Waals surface area contributed by atoms with Gasteiger partial charge in [-0.3, -0.25) is 0 Å². The van der Waals surface area contributed by atoms with Crippen LogP contribution in [-0.4, -0.2) is 19.1 Å². The van der Waals surface area contributed by atoms with Gasteiger partial charge < -0.3 is 10.6 Å². The molecule has 1 fully saturated rings. The smallest absolute Gasteiger partial charge is 0.0320 e. The normalized spacial score (nSPS) is 15.3. The van der Waals surface area contributed by atoms with Crippen LogP contribution >= 0.6 is 0 Å². The van der Waals surface area contributed by atoms with Crippen molar-refractivity contribution in [2.45, 2.75) is 26.4 Å². The molecular weight excluding hydrogens is 172 g/mol. The minimum Gasteiger partial charge on any atom is -0.314 e. The van der Waals surface area contributed by atoms with Crippen LogP contribution in [-0.2, 0) is 6.54 Å². The maximum atomic E-state index is 3.47. The summed E-state index contributed by atoms with van der Waals surface area (Å²) in [5.41, 5.74) is 1.37. The lowest BCUT2D eigenvalue weighted by Gasteiger charge is -2.28. The minimum absolute atomic E-state index is 0. The number of nitrogens with one attached hydrogen (secondary N) is 2. The van der Waals surface area contributed by atoms with Crippen LogP contribution < -0.4 is 10.6 Å². The standard InChI is InChI=1S/C10H14N2.C2H6.H2/c1-2-4-9(5-3-1)6-12-10-7-11-8-10;1-2;/h1-5,10-12H,6-8H2;1-2H3;1H. The lowest BCUT2D eigenvalue weighted by atomic mass is 10.1. The lowest BCUT2D eigenvalue weighted by molar-refractivity contribution is 0.365.